The van der Waals surface area contributed by atoms with Crippen molar-refractivity contribution in [2.45, 2.75) is 4.90 Å². The van der Waals surface area contributed by atoms with E-state index in [1.165, 1.54) is 26.2 Å². The van der Waals surface area contributed by atoms with Crippen LogP contribution in [0.15, 0.2) is 53.4 Å². The number of nitriles is 1. The first-order valence-electron chi connectivity index (χ1n) is 7.39. The zero-order chi connectivity index (χ0) is 18.4. The number of sulfonamides is 1. The normalized spacial score (nSPS) is 11.0. The molecule has 0 aromatic heterocycles. The van der Waals surface area contributed by atoms with E-state index in [2.05, 4.69) is 10.6 Å². The van der Waals surface area contributed by atoms with Gasteiger partial charge in [-0.25, -0.2) is 12.7 Å². The van der Waals surface area contributed by atoms with E-state index in [-0.39, 0.29) is 17.3 Å². The van der Waals surface area contributed by atoms with Gasteiger partial charge in [-0.05, 0) is 42.5 Å². The molecule has 2 aromatic carbocycles. The van der Waals surface area contributed by atoms with Crippen LogP contribution in [0.3, 0.4) is 0 Å². The average Bonchev–Trinajstić information content (AvgIpc) is 2.60. The molecule has 0 unspecified atom stereocenters. The van der Waals surface area contributed by atoms with Crippen molar-refractivity contribution < 1.29 is 13.2 Å². The molecule has 0 saturated heterocycles. The van der Waals surface area contributed by atoms with Crippen LogP contribution in [0.5, 0.6) is 0 Å². The summed E-state index contributed by atoms with van der Waals surface area (Å²) in [6.07, 6.45) is 0. The van der Waals surface area contributed by atoms with E-state index in [9.17, 15) is 13.2 Å². The van der Waals surface area contributed by atoms with Gasteiger partial charge in [0.2, 0.25) is 15.9 Å². The molecule has 0 bridgehead atoms. The quantitative estimate of drug-likeness (QED) is 0.820. The van der Waals surface area contributed by atoms with Gasteiger partial charge in [0.1, 0.15) is 0 Å². The van der Waals surface area contributed by atoms with E-state index in [1.54, 1.807) is 36.4 Å². The van der Waals surface area contributed by atoms with E-state index in [4.69, 9.17) is 5.26 Å². The Labute approximate surface area is 146 Å². The fraction of sp³-hybridized carbons (Fsp3) is 0.176. The molecule has 0 saturated carbocycles. The molecule has 0 aliphatic carbocycles. The van der Waals surface area contributed by atoms with Crippen LogP contribution in [0.25, 0.3) is 0 Å². The van der Waals surface area contributed by atoms with Gasteiger partial charge in [-0.15, -0.1) is 0 Å². The number of benzene rings is 2. The summed E-state index contributed by atoms with van der Waals surface area (Å²) < 4.78 is 25.4. The lowest BCUT2D eigenvalue weighted by Crippen LogP contribution is -2.23. The van der Waals surface area contributed by atoms with E-state index >= 15 is 0 Å². The van der Waals surface area contributed by atoms with E-state index in [1.807, 2.05) is 6.07 Å². The van der Waals surface area contributed by atoms with Crippen molar-refractivity contribution >= 4 is 27.3 Å². The highest BCUT2D eigenvalue weighted by molar-refractivity contribution is 7.89. The number of anilines is 2. The molecular formula is C17H18N4O3S. The molecule has 2 rings (SSSR count). The molecule has 0 radical (unpaired) electrons. The molecule has 25 heavy (non-hydrogen) atoms. The Morgan fingerprint density at radius 1 is 1.12 bits per heavy atom. The van der Waals surface area contributed by atoms with Gasteiger partial charge < -0.3 is 10.6 Å². The van der Waals surface area contributed by atoms with Crippen molar-refractivity contribution in [2.24, 2.45) is 0 Å². The van der Waals surface area contributed by atoms with Gasteiger partial charge in [0.15, 0.2) is 0 Å². The highest BCUT2D eigenvalue weighted by atomic mass is 32.2. The molecular weight excluding hydrogens is 340 g/mol. The molecule has 130 valence electrons. The van der Waals surface area contributed by atoms with Gasteiger partial charge in [0, 0.05) is 25.5 Å². The summed E-state index contributed by atoms with van der Waals surface area (Å²) in [4.78, 5) is 12.1. The molecule has 2 aromatic rings. The summed E-state index contributed by atoms with van der Waals surface area (Å²) in [5.74, 6) is -0.287. The fourth-order valence-corrected chi connectivity index (χ4v) is 2.94. The van der Waals surface area contributed by atoms with Crippen LogP contribution in [-0.2, 0) is 14.8 Å². The maximum absolute atomic E-state index is 12.1. The first-order valence-corrected chi connectivity index (χ1v) is 8.83. The Balaban J connectivity index is 1.99. The van der Waals surface area contributed by atoms with Gasteiger partial charge in [0.05, 0.1) is 23.1 Å². The Kier molecular flexibility index (Phi) is 5.75. The molecule has 7 nitrogen and oxygen atoms in total. The van der Waals surface area contributed by atoms with Crippen LogP contribution in [0, 0.1) is 11.3 Å². The van der Waals surface area contributed by atoms with Crippen molar-refractivity contribution in [1.29, 1.82) is 5.26 Å². The van der Waals surface area contributed by atoms with Crippen molar-refractivity contribution in [1.82, 2.24) is 4.31 Å². The Bertz CT molecular complexity index is 900. The number of amides is 1. The average molecular weight is 358 g/mol. The Morgan fingerprint density at radius 2 is 1.80 bits per heavy atom. The zero-order valence-corrected chi connectivity index (χ0v) is 14.7. The van der Waals surface area contributed by atoms with Crippen LogP contribution in [0.1, 0.15) is 5.56 Å². The molecule has 8 heteroatoms. The first-order chi connectivity index (χ1) is 11.8. The fourth-order valence-electron chi connectivity index (χ4n) is 1.99. The zero-order valence-electron chi connectivity index (χ0n) is 13.9. The highest BCUT2D eigenvalue weighted by Gasteiger charge is 2.17. The molecule has 1 amide bonds. The molecule has 0 atom stereocenters. The van der Waals surface area contributed by atoms with Gasteiger partial charge in [-0.1, -0.05) is 6.07 Å². The van der Waals surface area contributed by atoms with Gasteiger partial charge in [-0.3, -0.25) is 4.79 Å². The second kappa shape index (κ2) is 7.79. The van der Waals surface area contributed by atoms with Crippen molar-refractivity contribution in [3.63, 3.8) is 0 Å². The number of hydrogen-bond donors (Lipinski definition) is 2. The number of nitrogens with one attached hydrogen (secondary N) is 2. The molecule has 0 fully saturated rings. The number of carbonyl (C=O) groups excluding carboxylic acids is 1. The van der Waals surface area contributed by atoms with E-state index in [0.29, 0.717) is 16.9 Å². The second-order valence-corrected chi connectivity index (χ2v) is 7.56. The summed E-state index contributed by atoms with van der Waals surface area (Å²) >= 11 is 0. The minimum atomic E-state index is -3.53. The maximum Gasteiger partial charge on any atom is 0.243 e. The van der Waals surface area contributed by atoms with Crippen LogP contribution in [0.4, 0.5) is 11.4 Å². The lowest BCUT2D eigenvalue weighted by Gasteiger charge is -2.13. The summed E-state index contributed by atoms with van der Waals surface area (Å²) in [7, 11) is -0.609. The minimum absolute atomic E-state index is 0.0224. The predicted molar refractivity (Wildman–Crippen MR) is 95.6 cm³/mol. The molecule has 2 N–H and O–H groups in total. The van der Waals surface area contributed by atoms with Gasteiger partial charge in [-0.2, -0.15) is 5.26 Å². The SMILES string of the molecule is CN(C)S(=O)(=O)c1cccc(NCC(=O)Nc2ccc(C#N)cc2)c1. The first kappa shape index (κ1) is 18.4. The topological polar surface area (TPSA) is 102 Å². The van der Waals surface area contributed by atoms with Crippen LogP contribution in [0.2, 0.25) is 0 Å². The second-order valence-electron chi connectivity index (χ2n) is 5.41. The van der Waals surface area contributed by atoms with Gasteiger partial charge in [0.25, 0.3) is 0 Å². The third-order valence-electron chi connectivity index (χ3n) is 3.36. The summed E-state index contributed by atoms with van der Waals surface area (Å²) in [5.41, 5.74) is 1.61. The predicted octanol–water partition coefficient (Wildman–Crippen LogP) is 1.86. The largest absolute Gasteiger partial charge is 0.376 e. The summed E-state index contributed by atoms with van der Waals surface area (Å²) in [5, 5.41) is 14.3. The molecule has 0 aliphatic rings. The smallest absolute Gasteiger partial charge is 0.243 e. The van der Waals surface area contributed by atoms with Gasteiger partial charge >= 0.3 is 0 Å². The Hall–Kier alpha value is -2.89. The number of nitrogens with zero attached hydrogens (tertiary/aromatic N) is 2. The maximum atomic E-state index is 12.1. The van der Waals surface area contributed by atoms with Crippen molar-refractivity contribution in [2.75, 3.05) is 31.3 Å². The lowest BCUT2D eigenvalue weighted by molar-refractivity contribution is -0.114. The molecule has 0 heterocycles. The number of hydrogen-bond acceptors (Lipinski definition) is 5. The number of rotatable bonds is 6. The standard InChI is InChI=1S/C17H18N4O3S/c1-21(2)25(23,24)16-5-3-4-15(10-16)19-12-17(22)20-14-8-6-13(11-18)7-9-14/h3-10,19H,12H2,1-2H3,(H,20,22). The highest BCUT2D eigenvalue weighted by Crippen LogP contribution is 2.17. The molecule has 0 aliphatic heterocycles. The Morgan fingerprint density at radius 3 is 2.40 bits per heavy atom. The number of carbonyl (C=O) groups is 1. The lowest BCUT2D eigenvalue weighted by atomic mass is 10.2. The minimum Gasteiger partial charge on any atom is -0.376 e. The summed E-state index contributed by atoms with van der Waals surface area (Å²) in [6, 6.07) is 14.8. The summed E-state index contributed by atoms with van der Waals surface area (Å²) in [6.45, 7) is -0.0224. The monoisotopic (exact) mass is 358 g/mol. The van der Waals surface area contributed by atoms with E-state index in [0.717, 1.165) is 4.31 Å². The van der Waals surface area contributed by atoms with Crippen LogP contribution < -0.4 is 10.6 Å². The van der Waals surface area contributed by atoms with E-state index < -0.39 is 10.0 Å². The van der Waals surface area contributed by atoms with Crippen molar-refractivity contribution in [3.05, 3.63) is 54.1 Å². The molecule has 0 spiro atoms. The third kappa shape index (κ3) is 4.79. The third-order valence-corrected chi connectivity index (χ3v) is 5.17. The van der Waals surface area contributed by atoms with Crippen LogP contribution in [-0.4, -0.2) is 39.3 Å². The van der Waals surface area contributed by atoms with Crippen molar-refractivity contribution in [3.8, 4) is 6.07 Å². The van der Waals surface area contributed by atoms with Crippen LogP contribution >= 0.6 is 0 Å².